The third kappa shape index (κ3) is 2.07. The highest BCUT2D eigenvalue weighted by molar-refractivity contribution is 6.07. The predicted octanol–water partition coefficient (Wildman–Crippen LogP) is 2.12. The summed E-state index contributed by atoms with van der Waals surface area (Å²) in [6.07, 6.45) is 3.42. The number of cyclic esters (lactones) is 1. The summed E-state index contributed by atoms with van der Waals surface area (Å²) in [6.45, 7) is 3.12. The van der Waals surface area contributed by atoms with Crippen LogP contribution in [0.3, 0.4) is 0 Å². The number of carbonyl (C=O) groups is 1. The van der Waals surface area contributed by atoms with Crippen molar-refractivity contribution < 1.29 is 23.9 Å². The third-order valence-electron chi connectivity index (χ3n) is 3.02. The summed E-state index contributed by atoms with van der Waals surface area (Å²) in [5, 5.41) is 11.9. The van der Waals surface area contributed by atoms with E-state index in [0.717, 1.165) is 10.8 Å². The van der Waals surface area contributed by atoms with Crippen LogP contribution in [0.15, 0.2) is 48.7 Å². The van der Waals surface area contributed by atoms with Crippen LogP contribution in [0.4, 0.5) is 0 Å². The molecule has 20 heavy (non-hydrogen) atoms. The van der Waals surface area contributed by atoms with Crippen LogP contribution in [0.1, 0.15) is 13.8 Å². The fraction of sp³-hybridized carbons (Fsp3) is 0.200. The number of rotatable bonds is 1. The lowest BCUT2D eigenvalue weighted by atomic mass is 10.2. The van der Waals surface area contributed by atoms with E-state index in [9.17, 15) is 9.90 Å². The van der Waals surface area contributed by atoms with E-state index in [2.05, 4.69) is 0 Å². The Hall–Kier alpha value is -2.56. The molecule has 2 aromatic rings. The number of benzene rings is 1. The van der Waals surface area contributed by atoms with Gasteiger partial charge in [0.1, 0.15) is 0 Å². The molecule has 1 aromatic heterocycles. The highest BCUT2D eigenvalue weighted by atomic mass is 16.8. The fourth-order valence-corrected chi connectivity index (χ4v) is 2.15. The molecule has 3 rings (SSSR count). The number of fused-ring (bicyclic) bond motifs is 1. The first-order valence-corrected chi connectivity index (χ1v) is 6.22. The van der Waals surface area contributed by atoms with Crippen molar-refractivity contribution in [2.75, 3.05) is 0 Å². The predicted molar refractivity (Wildman–Crippen MR) is 71.2 cm³/mol. The maximum atomic E-state index is 12.0. The number of nitrogens with zero attached hydrogens (tertiary/aromatic N) is 1. The van der Waals surface area contributed by atoms with E-state index in [1.807, 2.05) is 30.3 Å². The molecular formula is C15H14NO4+. The largest absolute Gasteiger partial charge is 0.476 e. The maximum absolute atomic E-state index is 12.0. The second kappa shape index (κ2) is 4.23. The molecule has 5 heteroatoms. The molecular weight excluding hydrogens is 258 g/mol. The molecule has 0 fully saturated rings. The molecule has 2 heterocycles. The van der Waals surface area contributed by atoms with Crippen molar-refractivity contribution in [2.24, 2.45) is 0 Å². The standard InChI is InChI=1S/C15H13NO4/c1-15(2)19-13(17)12(14(18)20-15)16-8-7-10-5-3-4-6-11(10)9-16/h3-9H,1-2H3/p+1. The highest BCUT2D eigenvalue weighted by Gasteiger charge is 2.42. The summed E-state index contributed by atoms with van der Waals surface area (Å²) < 4.78 is 11.8. The molecule has 0 saturated carbocycles. The summed E-state index contributed by atoms with van der Waals surface area (Å²) in [5.74, 6) is -2.23. The number of aromatic nitrogens is 1. The monoisotopic (exact) mass is 272 g/mol. The Morgan fingerprint density at radius 2 is 1.80 bits per heavy atom. The van der Waals surface area contributed by atoms with Gasteiger partial charge < -0.3 is 14.6 Å². The van der Waals surface area contributed by atoms with E-state index in [1.54, 1.807) is 26.2 Å². The first kappa shape index (κ1) is 12.5. The highest BCUT2D eigenvalue weighted by Crippen LogP contribution is 2.25. The number of hydrogen-bond acceptors (Lipinski definition) is 4. The van der Waals surface area contributed by atoms with Gasteiger partial charge in [-0.2, -0.15) is 4.57 Å². The number of esters is 1. The van der Waals surface area contributed by atoms with Crippen LogP contribution < -0.4 is 4.57 Å². The molecule has 5 nitrogen and oxygen atoms in total. The number of hydrogen-bond donors (Lipinski definition) is 1. The molecule has 0 unspecified atom stereocenters. The van der Waals surface area contributed by atoms with Gasteiger partial charge in [0.25, 0.3) is 5.79 Å². The molecule has 0 atom stereocenters. The molecule has 0 amide bonds. The third-order valence-corrected chi connectivity index (χ3v) is 3.02. The molecule has 0 radical (unpaired) electrons. The van der Waals surface area contributed by atoms with Gasteiger partial charge in [0, 0.05) is 25.3 Å². The molecule has 0 saturated heterocycles. The Labute approximate surface area is 115 Å². The smallest absolute Gasteiger partial charge is 0.415 e. The Kier molecular flexibility index (Phi) is 2.64. The first-order chi connectivity index (χ1) is 9.46. The lowest BCUT2D eigenvalue weighted by Gasteiger charge is -2.28. The molecule has 0 spiro atoms. The van der Waals surface area contributed by atoms with Crippen molar-refractivity contribution in [1.82, 2.24) is 0 Å². The van der Waals surface area contributed by atoms with Gasteiger partial charge in [-0.05, 0) is 11.5 Å². The van der Waals surface area contributed by atoms with Crippen molar-refractivity contribution in [3.63, 3.8) is 0 Å². The summed E-state index contributed by atoms with van der Waals surface area (Å²) in [6, 6.07) is 9.57. The summed E-state index contributed by atoms with van der Waals surface area (Å²) in [7, 11) is 0. The molecule has 1 N–H and O–H groups in total. The normalized spacial score (nSPS) is 17.8. The first-order valence-electron chi connectivity index (χ1n) is 6.22. The number of ether oxygens (including phenoxy) is 2. The minimum absolute atomic E-state index is 0.0323. The van der Waals surface area contributed by atoms with E-state index in [-0.39, 0.29) is 5.70 Å². The van der Waals surface area contributed by atoms with Crippen molar-refractivity contribution in [1.29, 1.82) is 0 Å². The molecule has 0 bridgehead atoms. The SMILES string of the molecule is CC1(C)OC(=O)C([n+]2ccc3ccccc3c2)=C(O)O1. The van der Waals surface area contributed by atoms with Crippen LogP contribution in [-0.2, 0) is 14.3 Å². The zero-order valence-electron chi connectivity index (χ0n) is 11.2. The van der Waals surface area contributed by atoms with Crippen molar-refractivity contribution >= 4 is 22.4 Å². The minimum Gasteiger partial charge on any atom is -0.476 e. The average Bonchev–Trinajstić information content (AvgIpc) is 2.36. The van der Waals surface area contributed by atoms with Gasteiger partial charge in [-0.15, -0.1) is 0 Å². The second-order valence-corrected chi connectivity index (χ2v) is 5.03. The van der Waals surface area contributed by atoms with Crippen molar-refractivity contribution in [3.8, 4) is 0 Å². The zero-order valence-corrected chi connectivity index (χ0v) is 11.2. The van der Waals surface area contributed by atoms with Gasteiger partial charge in [0.2, 0.25) is 0 Å². The summed E-state index contributed by atoms with van der Waals surface area (Å²) in [5.41, 5.74) is -0.0323. The number of aliphatic hydroxyl groups is 1. The van der Waals surface area contributed by atoms with E-state index in [4.69, 9.17) is 9.47 Å². The summed E-state index contributed by atoms with van der Waals surface area (Å²) >= 11 is 0. The van der Waals surface area contributed by atoms with E-state index in [0.29, 0.717) is 0 Å². The van der Waals surface area contributed by atoms with Gasteiger partial charge in [0.05, 0.1) is 0 Å². The van der Waals surface area contributed by atoms with Crippen molar-refractivity contribution in [2.45, 2.75) is 19.6 Å². The van der Waals surface area contributed by atoms with Crippen LogP contribution in [0.5, 0.6) is 0 Å². The van der Waals surface area contributed by atoms with Gasteiger partial charge in [-0.3, -0.25) is 0 Å². The van der Waals surface area contributed by atoms with Crippen LogP contribution in [0, 0.1) is 0 Å². The Balaban J connectivity index is 2.12. The fourth-order valence-electron chi connectivity index (χ4n) is 2.15. The topological polar surface area (TPSA) is 59.6 Å². The van der Waals surface area contributed by atoms with Gasteiger partial charge in [-0.1, -0.05) is 18.2 Å². The molecule has 1 aliphatic heterocycles. The van der Waals surface area contributed by atoms with Gasteiger partial charge in [0.15, 0.2) is 12.4 Å². The lowest BCUT2D eigenvalue weighted by Crippen LogP contribution is -2.46. The molecule has 1 aliphatic rings. The summed E-state index contributed by atoms with van der Waals surface area (Å²) in [4.78, 5) is 12.0. The van der Waals surface area contributed by atoms with Crippen LogP contribution >= 0.6 is 0 Å². The Morgan fingerprint density at radius 1 is 1.10 bits per heavy atom. The molecule has 102 valence electrons. The second-order valence-electron chi connectivity index (χ2n) is 5.03. The Morgan fingerprint density at radius 3 is 2.50 bits per heavy atom. The molecule has 1 aromatic carbocycles. The van der Waals surface area contributed by atoms with Gasteiger partial charge in [-0.25, -0.2) is 4.79 Å². The minimum atomic E-state index is -1.16. The maximum Gasteiger partial charge on any atom is 0.415 e. The number of pyridine rings is 1. The van der Waals surface area contributed by atoms with E-state index >= 15 is 0 Å². The quantitative estimate of drug-likeness (QED) is 0.638. The zero-order chi connectivity index (χ0) is 14.3. The lowest BCUT2D eigenvalue weighted by molar-refractivity contribution is -0.581. The van der Waals surface area contributed by atoms with E-state index in [1.165, 1.54) is 4.57 Å². The van der Waals surface area contributed by atoms with Crippen LogP contribution in [0.25, 0.3) is 16.5 Å². The number of aliphatic hydroxyl groups excluding tert-OH is 1. The Bertz CT molecular complexity index is 733. The van der Waals surface area contributed by atoms with E-state index < -0.39 is 17.7 Å². The van der Waals surface area contributed by atoms with Crippen LogP contribution in [-0.4, -0.2) is 16.9 Å². The number of carbonyl (C=O) groups excluding carboxylic acids is 1. The van der Waals surface area contributed by atoms with Gasteiger partial charge >= 0.3 is 17.6 Å². The van der Waals surface area contributed by atoms with Crippen LogP contribution in [0.2, 0.25) is 0 Å². The van der Waals surface area contributed by atoms with Crippen molar-refractivity contribution in [3.05, 3.63) is 48.7 Å². The molecule has 0 aliphatic carbocycles. The average molecular weight is 272 g/mol.